The van der Waals surface area contributed by atoms with Gasteiger partial charge in [0.15, 0.2) is 5.78 Å². The van der Waals surface area contributed by atoms with E-state index in [1.807, 2.05) is 0 Å². The molecule has 2 aromatic rings. The number of ketones is 1. The number of phosphoric acid groups is 1. The van der Waals surface area contributed by atoms with Crippen molar-refractivity contribution < 1.29 is 33.9 Å². The van der Waals surface area contributed by atoms with Gasteiger partial charge in [-0.2, -0.15) is 0 Å². The van der Waals surface area contributed by atoms with Crippen LogP contribution >= 0.6 is 7.82 Å². The minimum absolute atomic E-state index is 0.0434. The summed E-state index contributed by atoms with van der Waals surface area (Å²) in [5, 5.41) is 18.9. The Morgan fingerprint density at radius 2 is 1.70 bits per heavy atom. The van der Waals surface area contributed by atoms with Crippen LogP contribution < -0.4 is 4.52 Å². The average Bonchev–Trinajstić information content (AvgIpc) is 2.45. The zero-order valence-electron chi connectivity index (χ0n) is 11.7. The number of phenols is 2. The zero-order chi connectivity index (χ0) is 17.0. The van der Waals surface area contributed by atoms with E-state index in [1.54, 1.807) is 12.1 Å². The number of phosphoric ester groups is 1. The number of rotatable bonds is 5. The Hall–Kier alpha value is -2.60. The second-order valence-corrected chi connectivity index (χ2v) is 5.71. The molecule has 2 aromatic carbocycles. The van der Waals surface area contributed by atoms with Crippen molar-refractivity contribution in [2.45, 2.75) is 0 Å². The predicted molar refractivity (Wildman–Crippen MR) is 82.3 cm³/mol. The molecule has 0 saturated heterocycles. The molecule has 0 spiro atoms. The van der Waals surface area contributed by atoms with Gasteiger partial charge in [0.25, 0.3) is 0 Å². The van der Waals surface area contributed by atoms with Crippen LogP contribution in [0.15, 0.2) is 48.5 Å². The summed E-state index contributed by atoms with van der Waals surface area (Å²) in [5.41, 5.74) is 0.634. The molecule has 8 heteroatoms. The second kappa shape index (κ2) is 6.66. The van der Waals surface area contributed by atoms with Gasteiger partial charge >= 0.3 is 7.82 Å². The van der Waals surface area contributed by atoms with Gasteiger partial charge < -0.3 is 14.7 Å². The summed E-state index contributed by atoms with van der Waals surface area (Å²) in [5.74, 6) is -1.11. The third-order valence-electron chi connectivity index (χ3n) is 2.78. The second-order valence-electron chi connectivity index (χ2n) is 4.55. The normalized spacial score (nSPS) is 11.6. The molecule has 0 bridgehead atoms. The van der Waals surface area contributed by atoms with Gasteiger partial charge in [-0.3, -0.25) is 14.6 Å². The molecule has 7 nitrogen and oxygen atoms in total. The van der Waals surface area contributed by atoms with Crippen LogP contribution in [0.2, 0.25) is 0 Å². The Bertz CT molecular complexity index is 790. The maximum Gasteiger partial charge on any atom is 0.524 e. The summed E-state index contributed by atoms with van der Waals surface area (Å²) >= 11 is 0. The van der Waals surface area contributed by atoms with Gasteiger partial charge in [-0.15, -0.1) is 0 Å². The van der Waals surface area contributed by atoms with Crippen molar-refractivity contribution in [1.29, 1.82) is 0 Å². The van der Waals surface area contributed by atoms with E-state index in [9.17, 15) is 14.5 Å². The van der Waals surface area contributed by atoms with E-state index in [1.165, 1.54) is 36.4 Å². The highest BCUT2D eigenvalue weighted by Gasteiger charge is 2.17. The third-order valence-corrected chi connectivity index (χ3v) is 3.23. The Morgan fingerprint density at radius 3 is 2.26 bits per heavy atom. The van der Waals surface area contributed by atoms with Crippen LogP contribution in [0, 0.1) is 0 Å². The van der Waals surface area contributed by atoms with Crippen molar-refractivity contribution >= 4 is 19.7 Å². The van der Waals surface area contributed by atoms with E-state index >= 15 is 0 Å². The first-order valence-corrected chi connectivity index (χ1v) is 7.87. The molecule has 0 aliphatic rings. The maximum atomic E-state index is 12.0. The van der Waals surface area contributed by atoms with Gasteiger partial charge in [-0.1, -0.05) is 18.2 Å². The quantitative estimate of drug-likeness (QED) is 0.375. The molecule has 0 saturated carbocycles. The van der Waals surface area contributed by atoms with E-state index in [-0.39, 0.29) is 17.1 Å². The molecule has 0 unspecified atom stereocenters. The summed E-state index contributed by atoms with van der Waals surface area (Å²) in [6, 6.07) is 9.46. The molecule has 23 heavy (non-hydrogen) atoms. The summed E-state index contributed by atoms with van der Waals surface area (Å²) < 4.78 is 15.0. The van der Waals surface area contributed by atoms with Crippen LogP contribution in [0.25, 0.3) is 6.08 Å². The Morgan fingerprint density at radius 1 is 1.04 bits per heavy atom. The minimum Gasteiger partial charge on any atom is -0.508 e. The van der Waals surface area contributed by atoms with Crippen molar-refractivity contribution in [2.75, 3.05) is 0 Å². The fraction of sp³-hybridized carbons (Fsp3) is 0. The number of allylic oxidation sites excluding steroid dienone is 1. The van der Waals surface area contributed by atoms with Gasteiger partial charge in [0.2, 0.25) is 0 Å². The van der Waals surface area contributed by atoms with Crippen LogP contribution in [0.1, 0.15) is 15.9 Å². The molecule has 0 aromatic heterocycles. The van der Waals surface area contributed by atoms with Crippen LogP contribution in [-0.2, 0) is 4.57 Å². The fourth-order valence-corrected chi connectivity index (χ4v) is 2.15. The molecule has 0 radical (unpaired) electrons. The molecule has 0 heterocycles. The minimum atomic E-state index is -4.73. The first kappa shape index (κ1) is 16.8. The maximum absolute atomic E-state index is 12.0. The number of benzene rings is 2. The molecule has 120 valence electrons. The predicted octanol–water partition coefficient (Wildman–Crippen LogP) is 2.47. The molecule has 0 atom stereocenters. The third kappa shape index (κ3) is 4.96. The van der Waals surface area contributed by atoms with Gasteiger partial charge in [0.05, 0.1) is 5.56 Å². The van der Waals surface area contributed by atoms with Crippen molar-refractivity contribution in [3.63, 3.8) is 0 Å². The number of aromatic hydroxyl groups is 2. The van der Waals surface area contributed by atoms with E-state index in [0.29, 0.717) is 5.56 Å². The van der Waals surface area contributed by atoms with Crippen LogP contribution in [0.5, 0.6) is 17.2 Å². The van der Waals surface area contributed by atoms with Gasteiger partial charge in [0, 0.05) is 6.07 Å². The summed E-state index contributed by atoms with van der Waals surface area (Å²) in [6.07, 6.45) is 2.73. The van der Waals surface area contributed by atoms with Gasteiger partial charge in [-0.25, -0.2) is 4.57 Å². The van der Waals surface area contributed by atoms with E-state index in [2.05, 4.69) is 4.52 Å². The highest BCUT2D eigenvalue weighted by atomic mass is 31.2. The molecule has 0 aliphatic heterocycles. The standard InChI is InChI=1S/C15H13O7P/c16-11-4-1-10(2-5-11)3-8-14(17)13-7-6-12(9-15(13)18)22-23(19,20)21/h1-9,16,18H,(H2,19,20,21)/b8-3+. The number of phenolic OH excluding ortho intramolecular Hbond substituents is 2. The monoisotopic (exact) mass is 336 g/mol. The highest BCUT2D eigenvalue weighted by molar-refractivity contribution is 7.46. The fourth-order valence-electron chi connectivity index (χ4n) is 1.76. The summed E-state index contributed by atoms with van der Waals surface area (Å²) in [7, 11) is -4.73. The number of hydrogen-bond donors (Lipinski definition) is 4. The first-order chi connectivity index (χ1) is 10.7. The van der Waals surface area contributed by atoms with Crippen LogP contribution in [-0.4, -0.2) is 25.8 Å². The zero-order valence-corrected chi connectivity index (χ0v) is 12.6. The van der Waals surface area contributed by atoms with Gasteiger partial charge in [-0.05, 0) is 35.9 Å². The van der Waals surface area contributed by atoms with Crippen molar-refractivity contribution in [3.05, 3.63) is 59.7 Å². The molecular weight excluding hydrogens is 323 g/mol. The largest absolute Gasteiger partial charge is 0.524 e. The molecule has 4 N–H and O–H groups in total. The lowest BCUT2D eigenvalue weighted by atomic mass is 10.1. The topological polar surface area (TPSA) is 124 Å². The number of carbonyl (C=O) groups is 1. The summed E-state index contributed by atoms with van der Waals surface area (Å²) in [6.45, 7) is 0. The Labute approximate surface area is 131 Å². The SMILES string of the molecule is O=C(/C=C/c1ccc(O)cc1)c1ccc(OP(=O)(O)O)cc1O. The van der Waals surface area contributed by atoms with E-state index in [4.69, 9.17) is 14.9 Å². The van der Waals surface area contributed by atoms with Gasteiger partial charge in [0.1, 0.15) is 17.2 Å². The molecule has 0 aliphatic carbocycles. The van der Waals surface area contributed by atoms with Crippen molar-refractivity contribution in [2.24, 2.45) is 0 Å². The number of carbonyl (C=O) groups excluding carboxylic acids is 1. The smallest absolute Gasteiger partial charge is 0.508 e. The van der Waals surface area contributed by atoms with E-state index < -0.39 is 19.4 Å². The van der Waals surface area contributed by atoms with Crippen molar-refractivity contribution in [1.82, 2.24) is 0 Å². The lowest BCUT2D eigenvalue weighted by molar-refractivity contribution is 0.104. The average molecular weight is 336 g/mol. The summed E-state index contributed by atoms with van der Waals surface area (Å²) in [4.78, 5) is 29.4. The van der Waals surface area contributed by atoms with E-state index in [0.717, 1.165) is 6.07 Å². The highest BCUT2D eigenvalue weighted by Crippen LogP contribution is 2.39. The molecule has 0 amide bonds. The molecular formula is C15H13O7P. The van der Waals surface area contributed by atoms with Crippen molar-refractivity contribution in [3.8, 4) is 17.2 Å². The Kier molecular flexibility index (Phi) is 4.86. The Balaban J connectivity index is 2.16. The lowest BCUT2D eigenvalue weighted by Crippen LogP contribution is -1.96. The first-order valence-electron chi connectivity index (χ1n) is 6.34. The molecule has 0 fully saturated rings. The molecule has 2 rings (SSSR count). The number of hydrogen-bond acceptors (Lipinski definition) is 5. The lowest BCUT2D eigenvalue weighted by Gasteiger charge is -2.08. The van der Waals surface area contributed by atoms with Crippen LogP contribution in [0.3, 0.4) is 0 Å². The van der Waals surface area contributed by atoms with Crippen LogP contribution in [0.4, 0.5) is 0 Å².